The zero-order valence-corrected chi connectivity index (χ0v) is 7.80. The molecule has 0 radical (unpaired) electrons. The van der Waals surface area contributed by atoms with Gasteiger partial charge in [-0.15, -0.1) is 0 Å². The summed E-state index contributed by atoms with van der Waals surface area (Å²) in [6.07, 6.45) is -5.75. The highest BCUT2D eigenvalue weighted by Crippen LogP contribution is 2.49. The lowest BCUT2D eigenvalue weighted by Crippen LogP contribution is -2.31. The van der Waals surface area contributed by atoms with Crippen LogP contribution < -0.4 is 0 Å². The molecule has 0 saturated heterocycles. The highest BCUT2D eigenvalue weighted by molar-refractivity contribution is 8.12. The molecule has 0 spiro atoms. The number of halogens is 9. The van der Waals surface area contributed by atoms with Crippen LogP contribution in [0.5, 0.6) is 0 Å². The van der Waals surface area contributed by atoms with Gasteiger partial charge in [-0.25, -0.2) is 0 Å². The molecule has 0 atom stereocenters. The molecule has 12 heteroatoms. The van der Waals surface area contributed by atoms with E-state index in [4.69, 9.17) is 0 Å². The first-order valence-electron chi connectivity index (χ1n) is 2.70. The number of alkyl halides is 9. The fourth-order valence-electron chi connectivity index (χ4n) is 0.310. The van der Waals surface area contributed by atoms with Crippen molar-refractivity contribution in [3.05, 3.63) is 0 Å². The fraction of sp³-hybridized carbons (Fsp3) is 1.00. The van der Waals surface area contributed by atoms with Gasteiger partial charge in [-0.2, -0.15) is 39.5 Å². The molecule has 0 unspecified atom stereocenters. The molecule has 0 aromatic rings. The van der Waals surface area contributed by atoms with Gasteiger partial charge in [0.05, 0.1) is 23.9 Å². The Hall–Kier alpha value is 0.0300. The first-order valence-corrected chi connectivity index (χ1v) is 4.24. The molecule has 0 aromatic carbocycles. The van der Waals surface area contributed by atoms with E-state index in [1.807, 2.05) is 0 Å². The van der Waals surface area contributed by atoms with Gasteiger partial charge in [0.2, 0.25) is 0 Å². The zero-order valence-electron chi connectivity index (χ0n) is 6.17. The Bertz CT molecular complexity index is 187. The average Bonchev–Trinajstić information content (AvgIpc) is 1.75. The van der Waals surface area contributed by atoms with Crippen LogP contribution in [0.4, 0.5) is 39.5 Å². The summed E-state index contributed by atoms with van der Waals surface area (Å²) < 4.78 is 102. The Morgan fingerprint density at radius 1 is 0.600 bits per heavy atom. The van der Waals surface area contributed by atoms with Gasteiger partial charge in [0.15, 0.2) is 0 Å². The molecule has 0 rings (SSSR count). The maximum absolute atomic E-state index is 11.7. The van der Waals surface area contributed by atoms with E-state index in [1.54, 1.807) is 0 Å². The second-order valence-electron chi connectivity index (χ2n) is 1.80. The van der Waals surface area contributed by atoms with Gasteiger partial charge in [0.1, 0.15) is 0 Å². The summed E-state index contributed by atoms with van der Waals surface area (Å²) in [6, 6.07) is 0. The number of hydrogen-bond donors (Lipinski definition) is 0. The number of rotatable bonds is 2. The van der Waals surface area contributed by atoms with Crippen LogP contribution in [0.2, 0.25) is 0 Å². The van der Waals surface area contributed by atoms with E-state index in [0.717, 1.165) is 0 Å². The van der Waals surface area contributed by atoms with Gasteiger partial charge in [-0.05, 0) is 0 Å². The van der Waals surface area contributed by atoms with Gasteiger partial charge in [0, 0.05) is 0 Å². The Labute approximate surface area is 85.2 Å². The van der Waals surface area contributed by atoms with Crippen LogP contribution in [0, 0.1) is 0 Å². The van der Waals surface area contributed by atoms with Crippen LogP contribution in [0.1, 0.15) is 0 Å². The molecule has 0 amide bonds. The van der Waals surface area contributed by atoms with Crippen molar-refractivity contribution in [3.8, 4) is 0 Å². The molecule has 0 heterocycles. The zero-order chi connectivity index (χ0) is 12.5. The maximum Gasteiger partial charge on any atom is 0.479 e. The van der Waals surface area contributed by atoms with E-state index in [1.165, 1.54) is 0 Å². The van der Waals surface area contributed by atoms with Gasteiger partial charge < -0.3 is 0 Å². The van der Waals surface area contributed by atoms with Crippen molar-refractivity contribution < 1.29 is 39.5 Å². The summed E-state index contributed by atoms with van der Waals surface area (Å²) in [6.45, 7) is 0. The molecular weight excluding hydrogens is 285 g/mol. The third kappa shape index (κ3) is 7.90. The van der Waals surface area contributed by atoms with Crippen molar-refractivity contribution >= 4 is 23.9 Å². The maximum atomic E-state index is 11.7. The molecule has 1 nitrogen and oxygen atoms in total. The minimum absolute atomic E-state index is 1.81. The van der Waals surface area contributed by atoms with Crippen molar-refractivity contribution in [2.75, 3.05) is 0 Å². The summed E-state index contributed by atoms with van der Waals surface area (Å²) in [5.41, 5.74) is -10.9. The van der Waals surface area contributed by atoms with Crippen molar-refractivity contribution in [1.29, 1.82) is 0 Å². The lowest BCUT2D eigenvalue weighted by Gasteiger charge is -2.23. The standard InChI is InChI=1S/C3F9NS2/c4-1(5,6)13(14-2(7,8)9)15-3(10,11)12. The molecule has 0 aromatic heterocycles. The van der Waals surface area contributed by atoms with Gasteiger partial charge in [-0.1, -0.05) is 3.71 Å². The topological polar surface area (TPSA) is 3.24 Å². The van der Waals surface area contributed by atoms with E-state index >= 15 is 0 Å². The number of nitrogens with zero attached hydrogens (tertiary/aromatic N) is 1. The quantitative estimate of drug-likeness (QED) is 0.426. The largest absolute Gasteiger partial charge is 0.479 e. The van der Waals surface area contributed by atoms with Crippen LogP contribution in [-0.2, 0) is 0 Å². The van der Waals surface area contributed by atoms with Gasteiger partial charge in [-0.3, -0.25) is 0 Å². The minimum Gasteiger partial charge on any atom is -0.159 e. The van der Waals surface area contributed by atoms with E-state index in [9.17, 15) is 39.5 Å². The number of hydrogen-bond acceptors (Lipinski definition) is 3. The lowest BCUT2D eigenvalue weighted by atomic mass is 11.2. The van der Waals surface area contributed by atoms with Crippen molar-refractivity contribution in [2.24, 2.45) is 0 Å². The fourth-order valence-corrected chi connectivity index (χ4v) is 1.55. The summed E-state index contributed by atoms with van der Waals surface area (Å²) >= 11 is -3.83. The summed E-state index contributed by atoms with van der Waals surface area (Å²) in [5, 5.41) is 0. The highest BCUT2D eigenvalue weighted by Gasteiger charge is 2.51. The molecule has 0 saturated carbocycles. The highest BCUT2D eigenvalue weighted by atomic mass is 32.2. The van der Waals surface area contributed by atoms with Crippen LogP contribution in [0.25, 0.3) is 0 Å². The van der Waals surface area contributed by atoms with E-state index in [-0.39, 0.29) is 0 Å². The Morgan fingerprint density at radius 3 is 1.00 bits per heavy atom. The van der Waals surface area contributed by atoms with Crippen LogP contribution >= 0.6 is 23.9 Å². The van der Waals surface area contributed by atoms with Crippen LogP contribution in [-0.4, -0.2) is 21.0 Å². The van der Waals surface area contributed by atoms with E-state index in [0.29, 0.717) is 0 Å². The van der Waals surface area contributed by atoms with Crippen LogP contribution in [0.3, 0.4) is 0 Å². The lowest BCUT2D eigenvalue weighted by molar-refractivity contribution is -0.182. The van der Waals surface area contributed by atoms with Crippen molar-refractivity contribution in [2.45, 2.75) is 17.3 Å². The minimum atomic E-state index is -5.75. The summed E-state index contributed by atoms with van der Waals surface area (Å²) in [7, 11) is 0. The third-order valence-electron chi connectivity index (χ3n) is 0.580. The van der Waals surface area contributed by atoms with Gasteiger partial charge >= 0.3 is 17.3 Å². The molecule has 0 aliphatic carbocycles. The SMILES string of the molecule is FC(F)(F)SN(SC(F)(F)F)C(F)(F)F. The first kappa shape index (κ1) is 15.0. The van der Waals surface area contributed by atoms with Crippen molar-refractivity contribution in [3.63, 3.8) is 0 Å². The third-order valence-corrected chi connectivity index (χ3v) is 2.19. The normalized spacial score (nSPS) is 14.8. The average molecular weight is 285 g/mol. The van der Waals surface area contributed by atoms with E-state index < -0.39 is 44.9 Å². The molecular formula is C3F9NS2. The predicted octanol–water partition coefficient (Wildman–Crippen LogP) is 4.14. The summed E-state index contributed by atoms with van der Waals surface area (Å²) in [5.74, 6) is 0. The van der Waals surface area contributed by atoms with E-state index in [2.05, 4.69) is 0 Å². The first-order chi connectivity index (χ1) is 6.31. The Kier molecular flexibility index (Phi) is 4.50. The monoisotopic (exact) mass is 285 g/mol. The molecule has 15 heavy (non-hydrogen) atoms. The Morgan fingerprint density at radius 2 is 0.867 bits per heavy atom. The molecule has 0 fully saturated rings. The Balaban J connectivity index is 4.62. The molecule has 0 aliphatic heterocycles. The molecule has 0 aliphatic rings. The second-order valence-corrected chi connectivity index (χ2v) is 4.05. The second kappa shape index (κ2) is 4.49. The van der Waals surface area contributed by atoms with Crippen LogP contribution in [0.15, 0.2) is 0 Å². The van der Waals surface area contributed by atoms with Crippen molar-refractivity contribution in [1.82, 2.24) is 3.71 Å². The predicted molar refractivity (Wildman–Crippen MR) is 35.2 cm³/mol. The summed E-state index contributed by atoms with van der Waals surface area (Å²) in [4.78, 5) is 0. The molecule has 0 N–H and O–H groups in total. The molecule has 0 bridgehead atoms. The van der Waals surface area contributed by atoms with Gasteiger partial charge in [0.25, 0.3) is 0 Å². The smallest absolute Gasteiger partial charge is 0.159 e. The molecule has 92 valence electrons.